The van der Waals surface area contributed by atoms with Gasteiger partial charge < -0.3 is 9.13 Å². The first-order chi connectivity index (χ1) is 33.9. The van der Waals surface area contributed by atoms with Crippen LogP contribution < -0.4 is 4.57 Å². The summed E-state index contributed by atoms with van der Waals surface area (Å²) in [5, 5.41) is 0. The molecule has 0 saturated heterocycles. The molecule has 2 heterocycles. The van der Waals surface area contributed by atoms with Gasteiger partial charge in [0.25, 0.3) is 0 Å². The van der Waals surface area contributed by atoms with Gasteiger partial charge in [-0.15, -0.1) is 22.3 Å². The van der Waals surface area contributed by atoms with E-state index in [4.69, 9.17) is 4.98 Å². The van der Waals surface area contributed by atoms with Crippen LogP contribution in [0.25, 0.3) is 33.4 Å². The number of fused-ring (bicyclic) bond motifs is 9. The SMILES string of the molecule is Cc1ccnc(C2(c3[c-]c(C4(c5[c-]c(C6(n7[c-][n+](C)cc7)c7cc(C)ccc7-c7ccc(C)cc76)ccc5)c5cc(C)ccc5-c5ccc(C)cc54)ccc3)c3cc(C)ccc3-c3ccc(C)cc32)c1.[Pt]. The number of hydrogen-bond donors (Lipinski definition) is 0. The fraction of sp³-hybridized carbons (Fsp3) is 0.164. The van der Waals surface area contributed by atoms with Crippen molar-refractivity contribution >= 4 is 0 Å². The standard InChI is InChI=1S/C67H53N3.Pt/c1-41-15-21-52-53-22-16-42(2)32-59(53)65(58(52)31-41,49-12-10-14-51(39-49)67(70-30-29-69(8)40-70)62-35-45(5)19-25-56(62)57-26-20-46(6)36-63(57)67)48-11-9-13-50(38-48)66(64-37-47(7)27-28-68-64)60-33-43(3)17-23-54(60)55-24-18-44(4)34-61(55)66;/h9-37H,1-8H3;/q-2;. The van der Waals surface area contributed by atoms with Crippen LogP contribution >= 0.6 is 0 Å². The molecule has 0 atom stereocenters. The molecule has 10 aromatic rings. The zero-order valence-corrected chi connectivity index (χ0v) is 43.7. The van der Waals surface area contributed by atoms with E-state index < -0.39 is 16.4 Å². The first-order valence-corrected chi connectivity index (χ1v) is 24.6. The van der Waals surface area contributed by atoms with Gasteiger partial charge in [-0.3, -0.25) is 4.98 Å². The Bertz CT molecular complexity index is 3690. The summed E-state index contributed by atoms with van der Waals surface area (Å²) in [5.41, 5.74) is 26.2. The third kappa shape index (κ3) is 6.18. The monoisotopic (exact) mass is 1090 g/mol. The van der Waals surface area contributed by atoms with Crippen molar-refractivity contribution in [1.82, 2.24) is 9.55 Å². The van der Waals surface area contributed by atoms with Gasteiger partial charge in [0, 0.05) is 43.8 Å². The summed E-state index contributed by atoms with van der Waals surface area (Å²) >= 11 is 0. The van der Waals surface area contributed by atoms with Gasteiger partial charge in [-0.25, -0.2) is 0 Å². The molecule has 0 radical (unpaired) electrons. The predicted octanol–water partition coefficient (Wildman–Crippen LogP) is 13.8. The number of hydrogen-bond acceptors (Lipinski definition) is 1. The van der Waals surface area contributed by atoms with Crippen molar-refractivity contribution in [3.63, 3.8) is 0 Å². The normalized spacial score (nSPS) is 14.7. The maximum Gasteiger partial charge on any atom is 0.204 e. The van der Waals surface area contributed by atoms with Crippen LogP contribution in [0.5, 0.6) is 0 Å². The summed E-state index contributed by atoms with van der Waals surface area (Å²) < 4.78 is 4.33. The molecule has 0 saturated carbocycles. The van der Waals surface area contributed by atoms with E-state index >= 15 is 0 Å². The Balaban J connectivity index is 0.00000517. The average molecular weight is 1100 g/mol. The molecule has 0 spiro atoms. The number of pyridine rings is 1. The Morgan fingerprint density at radius 3 is 1.17 bits per heavy atom. The minimum Gasteiger partial charge on any atom is -0.354 e. The number of aromatic nitrogens is 3. The first-order valence-electron chi connectivity index (χ1n) is 24.6. The van der Waals surface area contributed by atoms with Crippen molar-refractivity contribution < 1.29 is 25.6 Å². The van der Waals surface area contributed by atoms with Crippen LogP contribution in [0.1, 0.15) is 100 Å². The smallest absolute Gasteiger partial charge is 0.204 e. The number of nitrogens with zero attached hydrogens (tertiary/aromatic N) is 3. The first kappa shape index (κ1) is 45.0. The van der Waals surface area contributed by atoms with Crippen LogP contribution in [0.2, 0.25) is 0 Å². The molecule has 0 unspecified atom stereocenters. The third-order valence-electron chi connectivity index (χ3n) is 15.9. The van der Waals surface area contributed by atoms with E-state index in [9.17, 15) is 0 Å². The zero-order valence-electron chi connectivity index (χ0n) is 41.4. The van der Waals surface area contributed by atoms with Gasteiger partial charge in [0.2, 0.25) is 6.33 Å². The molecule has 8 aromatic carbocycles. The van der Waals surface area contributed by atoms with Crippen molar-refractivity contribution in [2.75, 3.05) is 0 Å². The molecule has 13 rings (SSSR count). The van der Waals surface area contributed by atoms with E-state index in [1.54, 1.807) is 0 Å². The van der Waals surface area contributed by atoms with Crippen LogP contribution in [0.15, 0.2) is 176 Å². The van der Waals surface area contributed by atoms with Gasteiger partial charge in [0.1, 0.15) is 5.54 Å². The maximum atomic E-state index is 5.33. The van der Waals surface area contributed by atoms with Gasteiger partial charge in [-0.2, -0.15) is 48.5 Å². The summed E-state index contributed by atoms with van der Waals surface area (Å²) in [5.74, 6) is 0. The van der Waals surface area contributed by atoms with Crippen LogP contribution in [0.3, 0.4) is 0 Å². The van der Waals surface area contributed by atoms with E-state index in [0.29, 0.717) is 0 Å². The molecular weight excluding hydrogens is 1040 g/mol. The molecule has 0 N–H and O–H groups in total. The summed E-state index contributed by atoms with van der Waals surface area (Å²) in [6, 6.07) is 68.8. The molecule has 3 nitrogen and oxygen atoms in total. The largest absolute Gasteiger partial charge is 0.354 e. The van der Waals surface area contributed by atoms with Crippen molar-refractivity contribution in [2.24, 2.45) is 7.05 Å². The van der Waals surface area contributed by atoms with Gasteiger partial charge in [-0.1, -0.05) is 143 Å². The zero-order chi connectivity index (χ0) is 47.8. The molecular formula is C67H53N3Pt-2. The summed E-state index contributed by atoms with van der Waals surface area (Å²) in [7, 11) is 2.06. The van der Waals surface area contributed by atoms with Crippen LogP contribution in [-0.2, 0) is 44.5 Å². The topological polar surface area (TPSA) is 21.7 Å². The third-order valence-corrected chi connectivity index (χ3v) is 15.9. The molecule has 71 heavy (non-hydrogen) atoms. The van der Waals surface area contributed by atoms with Gasteiger partial charge >= 0.3 is 0 Å². The molecule has 0 fully saturated rings. The van der Waals surface area contributed by atoms with E-state index in [1.165, 1.54) is 106 Å². The number of rotatable bonds is 6. The van der Waals surface area contributed by atoms with Crippen molar-refractivity contribution in [3.8, 4) is 33.4 Å². The molecule has 0 bridgehead atoms. The second-order valence-corrected chi connectivity index (χ2v) is 20.6. The molecule has 0 amide bonds. The molecule has 0 aliphatic heterocycles. The van der Waals surface area contributed by atoms with E-state index in [2.05, 4.69) is 249 Å². The molecule has 2 aromatic heterocycles. The van der Waals surface area contributed by atoms with E-state index in [0.717, 1.165) is 27.9 Å². The summed E-state index contributed by atoms with van der Waals surface area (Å²) in [6.07, 6.45) is 10.0. The molecule has 348 valence electrons. The predicted molar refractivity (Wildman–Crippen MR) is 281 cm³/mol. The Morgan fingerprint density at radius 1 is 0.408 bits per heavy atom. The second-order valence-electron chi connectivity index (χ2n) is 20.6. The average Bonchev–Trinajstić information content (AvgIpc) is 4.07. The van der Waals surface area contributed by atoms with Gasteiger partial charge in [0.05, 0.1) is 18.2 Å². The fourth-order valence-electron chi connectivity index (χ4n) is 12.9. The summed E-state index contributed by atoms with van der Waals surface area (Å²) in [4.78, 5) is 5.33. The Kier molecular flexibility index (Phi) is 10.2. The quantitative estimate of drug-likeness (QED) is 0.120. The van der Waals surface area contributed by atoms with Crippen LogP contribution in [0, 0.1) is 66.9 Å². The molecule has 3 aliphatic carbocycles. The fourth-order valence-corrected chi connectivity index (χ4v) is 12.9. The Labute approximate surface area is 432 Å². The van der Waals surface area contributed by atoms with Crippen molar-refractivity contribution in [1.29, 1.82) is 0 Å². The second kappa shape index (κ2) is 16.2. The van der Waals surface area contributed by atoms with Gasteiger partial charge in [-0.05, 0) is 134 Å². The Morgan fingerprint density at radius 2 is 0.761 bits per heavy atom. The van der Waals surface area contributed by atoms with E-state index in [1.807, 2.05) is 10.8 Å². The van der Waals surface area contributed by atoms with Gasteiger partial charge in [0.15, 0.2) is 0 Å². The minimum absolute atomic E-state index is 0. The van der Waals surface area contributed by atoms with Crippen molar-refractivity contribution in [3.05, 3.63) is 295 Å². The summed E-state index contributed by atoms with van der Waals surface area (Å²) in [6.45, 7) is 15.5. The number of imidazole rings is 1. The number of benzene rings is 8. The molecule has 3 aliphatic rings. The Hall–Kier alpha value is -7.19. The van der Waals surface area contributed by atoms with Crippen molar-refractivity contribution in [2.45, 2.75) is 64.8 Å². The minimum atomic E-state index is -0.824. The van der Waals surface area contributed by atoms with Crippen LogP contribution in [0.4, 0.5) is 0 Å². The van der Waals surface area contributed by atoms with E-state index in [-0.39, 0.29) is 21.1 Å². The molecule has 4 heteroatoms. The maximum absolute atomic E-state index is 5.33. The number of aryl methyl sites for hydroxylation is 8. The van der Waals surface area contributed by atoms with Crippen LogP contribution in [-0.4, -0.2) is 9.55 Å².